The Balaban J connectivity index is 2.11. The van der Waals surface area contributed by atoms with Gasteiger partial charge in [0.15, 0.2) is 0 Å². The van der Waals surface area contributed by atoms with Gasteiger partial charge < -0.3 is 0 Å². The summed E-state index contributed by atoms with van der Waals surface area (Å²) in [6.07, 6.45) is 2.16. The number of hydrogen-bond acceptors (Lipinski definition) is 2. The van der Waals surface area contributed by atoms with Gasteiger partial charge in [-0.1, -0.05) is 13.8 Å². The lowest BCUT2D eigenvalue weighted by Gasteiger charge is -2.25. The summed E-state index contributed by atoms with van der Waals surface area (Å²) in [7, 11) is 0. The van der Waals surface area contributed by atoms with Crippen molar-refractivity contribution in [1.29, 1.82) is 0 Å². The van der Waals surface area contributed by atoms with Gasteiger partial charge in [-0.25, -0.2) is 0 Å². The van der Waals surface area contributed by atoms with Crippen molar-refractivity contribution in [2.24, 2.45) is 23.7 Å². The number of nitrogens with zero attached hydrogens (tertiary/aromatic N) is 1. The van der Waals surface area contributed by atoms with Crippen LogP contribution in [0.1, 0.15) is 26.7 Å². The summed E-state index contributed by atoms with van der Waals surface area (Å²) in [5.41, 5.74) is 0. The molecule has 2 fully saturated rings. The second-order valence-electron chi connectivity index (χ2n) is 4.53. The van der Waals surface area contributed by atoms with Crippen LogP contribution in [0.3, 0.4) is 0 Å². The molecule has 68 valence electrons. The van der Waals surface area contributed by atoms with Gasteiger partial charge in [0.05, 0.1) is 0 Å². The molecule has 12 heavy (non-hydrogen) atoms. The lowest BCUT2D eigenvalue weighted by Crippen LogP contribution is -2.35. The molecule has 0 radical (unpaired) electrons. The summed E-state index contributed by atoms with van der Waals surface area (Å²) in [4.78, 5) is 10.7. The first-order valence-electron chi connectivity index (χ1n) is 4.74. The molecule has 2 saturated carbocycles. The highest BCUT2D eigenvalue weighted by Gasteiger charge is 2.57. The first kappa shape index (κ1) is 8.02. The molecule has 0 aromatic rings. The maximum absolute atomic E-state index is 10.7. The van der Waals surface area contributed by atoms with E-state index in [2.05, 4.69) is 6.92 Å². The van der Waals surface area contributed by atoms with E-state index in [1.165, 1.54) is 0 Å². The molecule has 3 heteroatoms. The number of fused-ring (bicyclic) bond motifs is 1. The monoisotopic (exact) mass is 169 g/mol. The zero-order chi connectivity index (χ0) is 8.88. The van der Waals surface area contributed by atoms with E-state index in [-0.39, 0.29) is 11.0 Å². The van der Waals surface area contributed by atoms with Crippen LogP contribution in [0, 0.1) is 33.8 Å². The standard InChI is InChI=1S/C9H15NO2/c1-5-3-6(2)9(10(11)12)8-4-7(5)8/h5-9H,3-4H2,1-2H3/t5-,6+,7+,8?,9?/m1/s1. The van der Waals surface area contributed by atoms with Gasteiger partial charge in [0.25, 0.3) is 0 Å². The summed E-state index contributed by atoms with van der Waals surface area (Å²) in [6.45, 7) is 4.26. The smallest absolute Gasteiger partial charge is 0.218 e. The SMILES string of the molecule is C[C@@H]1C[C@H](C)C([N+](=O)[O-])C2C[C@H]21. The minimum atomic E-state index is -0.230. The maximum Gasteiger partial charge on any atom is 0.218 e. The molecule has 2 unspecified atom stereocenters. The van der Waals surface area contributed by atoms with Crippen LogP contribution in [0.15, 0.2) is 0 Å². The van der Waals surface area contributed by atoms with E-state index in [9.17, 15) is 10.1 Å². The molecular weight excluding hydrogens is 154 g/mol. The fraction of sp³-hybridized carbons (Fsp3) is 1.00. The van der Waals surface area contributed by atoms with Gasteiger partial charge >= 0.3 is 0 Å². The zero-order valence-electron chi connectivity index (χ0n) is 7.56. The van der Waals surface area contributed by atoms with Gasteiger partial charge in [-0.2, -0.15) is 0 Å². The fourth-order valence-corrected chi connectivity index (χ4v) is 2.97. The summed E-state index contributed by atoms with van der Waals surface area (Å²) in [5, 5.41) is 10.7. The normalized spacial score (nSPS) is 51.3. The Hall–Kier alpha value is -0.600. The molecule has 0 aromatic carbocycles. The fourth-order valence-electron chi connectivity index (χ4n) is 2.97. The lowest BCUT2D eigenvalue weighted by molar-refractivity contribution is -0.539. The van der Waals surface area contributed by atoms with Crippen molar-refractivity contribution in [1.82, 2.24) is 0 Å². The molecule has 2 rings (SSSR count). The van der Waals surface area contributed by atoms with Gasteiger partial charge in [-0.05, 0) is 24.7 Å². The molecule has 0 amide bonds. The molecule has 0 saturated heterocycles. The third-order valence-electron chi connectivity index (χ3n) is 3.63. The van der Waals surface area contributed by atoms with Crippen LogP contribution in [0.5, 0.6) is 0 Å². The topological polar surface area (TPSA) is 43.1 Å². The minimum Gasteiger partial charge on any atom is -0.264 e. The van der Waals surface area contributed by atoms with Crippen LogP contribution in [-0.2, 0) is 0 Å². The van der Waals surface area contributed by atoms with Crippen LogP contribution in [-0.4, -0.2) is 11.0 Å². The van der Waals surface area contributed by atoms with Crippen molar-refractivity contribution in [3.05, 3.63) is 10.1 Å². The highest BCUT2D eigenvalue weighted by atomic mass is 16.6. The Morgan fingerprint density at radius 1 is 1.17 bits per heavy atom. The van der Waals surface area contributed by atoms with Crippen molar-refractivity contribution in [3.63, 3.8) is 0 Å². The quantitative estimate of drug-likeness (QED) is 0.444. The Morgan fingerprint density at radius 3 is 2.42 bits per heavy atom. The van der Waals surface area contributed by atoms with E-state index in [0.29, 0.717) is 17.8 Å². The highest BCUT2D eigenvalue weighted by molar-refractivity contribution is 5.00. The molecule has 3 nitrogen and oxygen atoms in total. The van der Waals surface area contributed by atoms with Crippen LogP contribution in [0.4, 0.5) is 0 Å². The first-order valence-corrected chi connectivity index (χ1v) is 4.74. The van der Waals surface area contributed by atoms with E-state index >= 15 is 0 Å². The second-order valence-corrected chi connectivity index (χ2v) is 4.53. The van der Waals surface area contributed by atoms with Crippen molar-refractivity contribution >= 4 is 0 Å². The highest BCUT2D eigenvalue weighted by Crippen LogP contribution is 2.55. The molecule has 5 atom stereocenters. The number of hydrogen-bond donors (Lipinski definition) is 0. The maximum atomic E-state index is 10.7. The summed E-state index contributed by atoms with van der Waals surface area (Å²) >= 11 is 0. The van der Waals surface area contributed by atoms with Crippen molar-refractivity contribution < 1.29 is 4.92 Å². The first-order chi connectivity index (χ1) is 5.61. The van der Waals surface area contributed by atoms with Crippen LogP contribution < -0.4 is 0 Å². The van der Waals surface area contributed by atoms with Gasteiger partial charge in [0, 0.05) is 16.8 Å². The molecule has 2 aliphatic carbocycles. The van der Waals surface area contributed by atoms with E-state index in [1.807, 2.05) is 6.92 Å². The second kappa shape index (κ2) is 2.44. The third kappa shape index (κ3) is 1.03. The van der Waals surface area contributed by atoms with Gasteiger partial charge in [-0.3, -0.25) is 10.1 Å². The van der Waals surface area contributed by atoms with E-state index in [4.69, 9.17) is 0 Å². The molecule has 0 bridgehead atoms. The summed E-state index contributed by atoms with van der Waals surface area (Å²) in [6, 6.07) is -0.230. The van der Waals surface area contributed by atoms with Crippen LogP contribution >= 0.6 is 0 Å². The summed E-state index contributed by atoms with van der Waals surface area (Å²) < 4.78 is 0. The molecular formula is C9H15NO2. The van der Waals surface area contributed by atoms with E-state index in [0.717, 1.165) is 18.8 Å². The van der Waals surface area contributed by atoms with Gasteiger partial charge in [-0.15, -0.1) is 0 Å². The Kier molecular flexibility index (Phi) is 1.63. The van der Waals surface area contributed by atoms with Crippen molar-refractivity contribution in [2.75, 3.05) is 0 Å². The Labute approximate surface area is 72.3 Å². The average Bonchev–Trinajstić information content (AvgIpc) is 2.65. The van der Waals surface area contributed by atoms with E-state index in [1.54, 1.807) is 0 Å². The predicted molar refractivity (Wildman–Crippen MR) is 45.3 cm³/mol. The molecule has 0 N–H and O–H groups in total. The van der Waals surface area contributed by atoms with Crippen LogP contribution in [0.25, 0.3) is 0 Å². The van der Waals surface area contributed by atoms with Crippen molar-refractivity contribution in [3.8, 4) is 0 Å². The van der Waals surface area contributed by atoms with Crippen LogP contribution in [0.2, 0.25) is 0 Å². The van der Waals surface area contributed by atoms with Gasteiger partial charge in [0.1, 0.15) is 0 Å². The zero-order valence-corrected chi connectivity index (χ0v) is 7.56. The third-order valence-corrected chi connectivity index (χ3v) is 3.63. The van der Waals surface area contributed by atoms with Gasteiger partial charge in [0.2, 0.25) is 6.04 Å². The predicted octanol–water partition coefficient (Wildman–Crippen LogP) is 1.94. The molecule has 0 aliphatic heterocycles. The largest absolute Gasteiger partial charge is 0.264 e. The van der Waals surface area contributed by atoms with Crippen molar-refractivity contribution in [2.45, 2.75) is 32.7 Å². The number of nitro groups is 1. The Morgan fingerprint density at radius 2 is 1.83 bits per heavy atom. The summed E-state index contributed by atoms with van der Waals surface area (Å²) in [5.74, 6) is 2.11. The average molecular weight is 169 g/mol. The molecule has 2 aliphatic rings. The lowest BCUT2D eigenvalue weighted by atomic mass is 9.80. The number of rotatable bonds is 1. The molecule has 0 aromatic heterocycles. The Bertz CT molecular complexity index is 215. The molecule has 0 spiro atoms. The van der Waals surface area contributed by atoms with E-state index < -0.39 is 0 Å². The minimum absolute atomic E-state index is 0.0544. The molecule has 0 heterocycles.